The zero-order valence-corrected chi connectivity index (χ0v) is 11.9. The summed E-state index contributed by atoms with van der Waals surface area (Å²) in [5.74, 6) is 1.80. The maximum Gasteiger partial charge on any atom is 0.0565 e. The van der Waals surface area contributed by atoms with Crippen molar-refractivity contribution in [3.05, 3.63) is 0 Å². The van der Waals surface area contributed by atoms with Crippen LogP contribution in [0.5, 0.6) is 0 Å². The van der Waals surface area contributed by atoms with Gasteiger partial charge in [0, 0.05) is 12.1 Å². The van der Waals surface area contributed by atoms with Crippen LogP contribution in [-0.4, -0.2) is 24.3 Å². The van der Waals surface area contributed by atoms with Crippen LogP contribution in [0.1, 0.15) is 59.8 Å². The van der Waals surface area contributed by atoms with Crippen LogP contribution in [0.2, 0.25) is 0 Å². The molecule has 1 heterocycles. The molecule has 0 aromatic carbocycles. The average molecular weight is 239 g/mol. The lowest BCUT2D eigenvalue weighted by molar-refractivity contribution is -0.0442. The molecule has 2 nitrogen and oxygen atoms in total. The van der Waals surface area contributed by atoms with Crippen molar-refractivity contribution < 1.29 is 4.74 Å². The van der Waals surface area contributed by atoms with Gasteiger partial charge in [-0.1, -0.05) is 20.3 Å². The molecule has 0 aromatic rings. The van der Waals surface area contributed by atoms with E-state index in [9.17, 15) is 0 Å². The maximum atomic E-state index is 5.81. The third kappa shape index (κ3) is 3.23. The van der Waals surface area contributed by atoms with Gasteiger partial charge in [-0.2, -0.15) is 0 Å². The van der Waals surface area contributed by atoms with Crippen LogP contribution >= 0.6 is 0 Å². The molecule has 5 atom stereocenters. The third-order valence-electron chi connectivity index (χ3n) is 4.90. The number of nitrogens with one attached hydrogen (secondary N) is 1. The van der Waals surface area contributed by atoms with Crippen LogP contribution < -0.4 is 5.32 Å². The molecule has 0 spiro atoms. The van der Waals surface area contributed by atoms with Crippen molar-refractivity contribution in [2.75, 3.05) is 0 Å². The Morgan fingerprint density at radius 3 is 2.24 bits per heavy atom. The van der Waals surface area contributed by atoms with Gasteiger partial charge in [-0.05, 0) is 51.4 Å². The van der Waals surface area contributed by atoms with Gasteiger partial charge in [-0.25, -0.2) is 0 Å². The highest BCUT2D eigenvalue weighted by molar-refractivity contribution is 4.90. The fourth-order valence-electron chi connectivity index (χ4n) is 3.90. The summed E-state index contributed by atoms with van der Waals surface area (Å²) in [4.78, 5) is 0. The van der Waals surface area contributed by atoms with Gasteiger partial charge < -0.3 is 10.1 Å². The summed E-state index contributed by atoms with van der Waals surface area (Å²) in [5.41, 5.74) is 0. The molecule has 100 valence electrons. The smallest absolute Gasteiger partial charge is 0.0565 e. The fourth-order valence-corrected chi connectivity index (χ4v) is 3.90. The predicted octanol–water partition coefficient (Wildman–Crippen LogP) is 3.36. The van der Waals surface area contributed by atoms with E-state index in [1.165, 1.54) is 32.1 Å². The Morgan fingerprint density at radius 1 is 1.06 bits per heavy atom. The van der Waals surface area contributed by atoms with E-state index < -0.39 is 0 Å². The molecule has 1 saturated heterocycles. The van der Waals surface area contributed by atoms with E-state index in [0.717, 1.165) is 17.9 Å². The van der Waals surface area contributed by atoms with E-state index in [4.69, 9.17) is 4.74 Å². The summed E-state index contributed by atoms with van der Waals surface area (Å²) in [6, 6.07) is 1.43. The number of ether oxygens (including phenoxy) is 1. The number of hydrogen-bond donors (Lipinski definition) is 1. The molecular weight excluding hydrogens is 210 g/mol. The molecule has 0 radical (unpaired) electrons. The summed E-state index contributed by atoms with van der Waals surface area (Å²) in [7, 11) is 0. The molecule has 0 amide bonds. The van der Waals surface area contributed by atoms with Crippen molar-refractivity contribution in [1.29, 1.82) is 0 Å². The molecule has 1 aliphatic heterocycles. The van der Waals surface area contributed by atoms with Crippen LogP contribution in [0.3, 0.4) is 0 Å². The molecule has 0 aromatic heterocycles. The topological polar surface area (TPSA) is 21.3 Å². The van der Waals surface area contributed by atoms with E-state index in [1.54, 1.807) is 0 Å². The van der Waals surface area contributed by atoms with Crippen molar-refractivity contribution in [2.45, 2.75) is 84.1 Å². The Labute approximate surface area is 107 Å². The lowest BCUT2D eigenvalue weighted by Gasteiger charge is -2.35. The zero-order valence-electron chi connectivity index (χ0n) is 11.9. The maximum absolute atomic E-state index is 5.81. The van der Waals surface area contributed by atoms with Crippen LogP contribution in [0.4, 0.5) is 0 Å². The predicted molar refractivity (Wildman–Crippen MR) is 72.1 cm³/mol. The molecule has 1 aliphatic carbocycles. The highest BCUT2D eigenvalue weighted by Crippen LogP contribution is 2.35. The summed E-state index contributed by atoms with van der Waals surface area (Å²) in [6.07, 6.45) is 7.36. The molecular formula is C15H29NO. The molecule has 17 heavy (non-hydrogen) atoms. The minimum atomic E-state index is 0.426. The van der Waals surface area contributed by atoms with Crippen molar-refractivity contribution in [3.8, 4) is 0 Å². The van der Waals surface area contributed by atoms with E-state index in [0.29, 0.717) is 18.2 Å². The van der Waals surface area contributed by atoms with Gasteiger partial charge in [0.05, 0.1) is 12.2 Å². The summed E-state index contributed by atoms with van der Waals surface area (Å²) < 4.78 is 5.81. The second kappa shape index (κ2) is 5.71. The minimum absolute atomic E-state index is 0.426. The first kappa shape index (κ1) is 13.4. The highest BCUT2D eigenvalue weighted by Gasteiger charge is 2.34. The Balaban J connectivity index is 1.84. The second-order valence-electron chi connectivity index (χ2n) is 6.30. The molecule has 2 heteroatoms. The monoisotopic (exact) mass is 239 g/mol. The molecule has 2 fully saturated rings. The van der Waals surface area contributed by atoms with E-state index in [-0.39, 0.29) is 0 Å². The van der Waals surface area contributed by atoms with E-state index in [1.807, 2.05) is 0 Å². The summed E-state index contributed by atoms with van der Waals surface area (Å²) >= 11 is 0. The van der Waals surface area contributed by atoms with Crippen LogP contribution in [0.25, 0.3) is 0 Å². The summed E-state index contributed by atoms with van der Waals surface area (Å²) in [6.45, 7) is 9.18. The second-order valence-corrected chi connectivity index (χ2v) is 6.30. The Bertz CT molecular complexity index is 233. The lowest BCUT2D eigenvalue weighted by atomic mass is 9.92. The largest absolute Gasteiger partial charge is 0.375 e. The van der Waals surface area contributed by atoms with E-state index in [2.05, 4.69) is 33.0 Å². The van der Waals surface area contributed by atoms with Gasteiger partial charge in [0.15, 0.2) is 0 Å². The van der Waals surface area contributed by atoms with Gasteiger partial charge in [-0.3, -0.25) is 0 Å². The van der Waals surface area contributed by atoms with Gasteiger partial charge in [-0.15, -0.1) is 0 Å². The normalized spacial score (nSPS) is 47.3. The van der Waals surface area contributed by atoms with E-state index >= 15 is 0 Å². The first-order chi connectivity index (χ1) is 8.10. The van der Waals surface area contributed by atoms with Gasteiger partial charge in [0.1, 0.15) is 0 Å². The molecule has 1 N–H and O–H groups in total. The fraction of sp³-hybridized carbons (Fsp3) is 1.00. The van der Waals surface area contributed by atoms with Crippen LogP contribution in [0.15, 0.2) is 0 Å². The molecule has 2 rings (SSSR count). The molecule has 0 bridgehead atoms. The minimum Gasteiger partial charge on any atom is -0.375 e. The van der Waals surface area contributed by atoms with Crippen molar-refractivity contribution in [2.24, 2.45) is 11.8 Å². The standard InChI is InChI=1S/C15H29NO/c1-5-13-6-7-15(12(13)4)16-14-8-10(2)17-11(3)9-14/h10-16H,5-9H2,1-4H3. The zero-order chi connectivity index (χ0) is 12.4. The Morgan fingerprint density at radius 2 is 1.71 bits per heavy atom. The van der Waals surface area contributed by atoms with Gasteiger partial charge in [0.2, 0.25) is 0 Å². The van der Waals surface area contributed by atoms with Crippen molar-refractivity contribution in [3.63, 3.8) is 0 Å². The van der Waals surface area contributed by atoms with Crippen molar-refractivity contribution >= 4 is 0 Å². The summed E-state index contributed by atoms with van der Waals surface area (Å²) in [5, 5.41) is 3.91. The van der Waals surface area contributed by atoms with Gasteiger partial charge in [0.25, 0.3) is 0 Å². The Hall–Kier alpha value is -0.0800. The number of rotatable bonds is 3. The average Bonchev–Trinajstić information content (AvgIpc) is 2.58. The van der Waals surface area contributed by atoms with Crippen molar-refractivity contribution in [1.82, 2.24) is 5.32 Å². The first-order valence-electron chi connectivity index (χ1n) is 7.51. The van der Waals surface area contributed by atoms with Gasteiger partial charge >= 0.3 is 0 Å². The third-order valence-corrected chi connectivity index (χ3v) is 4.90. The molecule has 2 aliphatic rings. The lowest BCUT2D eigenvalue weighted by Crippen LogP contribution is -2.46. The van der Waals surface area contributed by atoms with Crippen LogP contribution in [-0.2, 0) is 4.74 Å². The van der Waals surface area contributed by atoms with Crippen LogP contribution in [0, 0.1) is 11.8 Å². The highest BCUT2D eigenvalue weighted by atomic mass is 16.5. The SMILES string of the molecule is CCC1CCC(NC2CC(C)OC(C)C2)C1C. The quantitative estimate of drug-likeness (QED) is 0.815. The first-order valence-corrected chi connectivity index (χ1v) is 7.51. The Kier molecular flexibility index (Phi) is 4.48. The number of hydrogen-bond acceptors (Lipinski definition) is 2. The molecule has 5 unspecified atom stereocenters. The molecule has 1 saturated carbocycles.